The van der Waals surface area contributed by atoms with E-state index in [9.17, 15) is 4.79 Å². The van der Waals surface area contributed by atoms with E-state index in [4.69, 9.17) is 31.5 Å². The molecule has 2 N–H and O–H groups in total. The van der Waals surface area contributed by atoms with E-state index in [1.165, 1.54) is 6.20 Å². The molecule has 156 valence electrons. The summed E-state index contributed by atoms with van der Waals surface area (Å²) in [4.78, 5) is 21.5. The van der Waals surface area contributed by atoms with Gasteiger partial charge in [0.15, 0.2) is 11.3 Å². The first kappa shape index (κ1) is 19.4. The Kier molecular flexibility index (Phi) is 4.55. The molecule has 5 rings (SSSR count). The second-order valence-electron chi connectivity index (χ2n) is 7.36. The van der Waals surface area contributed by atoms with Gasteiger partial charge in [-0.2, -0.15) is 0 Å². The second-order valence-corrected chi connectivity index (χ2v) is 7.79. The molecule has 7 nitrogen and oxygen atoms in total. The van der Waals surface area contributed by atoms with Crippen molar-refractivity contribution in [3.63, 3.8) is 0 Å². The zero-order valence-electron chi connectivity index (χ0n) is 16.6. The molecule has 31 heavy (non-hydrogen) atoms. The highest BCUT2D eigenvalue weighted by molar-refractivity contribution is 6.30. The standard InChI is InChI=1S/C23H18ClN3O4/c1-29-15-4-7-21-17(10-15)23(12-30-22(25)27-23)16-8-13(2-6-20(16)31-21)9-19(28)18-5-3-14(24)11-26-18/h2-8,10-11H,9,12H2,1H3,(H2,25,27)/t23-/m0/s1. The fraction of sp³-hybridized carbons (Fsp3) is 0.174. The van der Waals surface area contributed by atoms with Crippen LogP contribution in [0.25, 0.3) is 0 Å². The lowest BCUT2D eigenvalue weighted by molar-refractivity contribution is 0.0988. The molecule has 8 heteroatoms. The predicted molar refractivity (Wildman–Crippen MR) is 115 cm³/mol. The molecule has 2 aliphatic heterocycles. The lowest BCUT2D eigenvalue weighted by atomic mass is 9.80. The molecule has 0 radical (unpaired) electrons. The number of carbonyl (C=O) groups is 1. The minimum absolute atomic E-state index is 0.105. The fourth-order valence-electron chi connectivity index (χ4n) is 3.93. The second kappa shape index (κ2) is 7.28. The van der Waals surface area contributed by atoms with Crippen molar-refractivity contribution in [2.24, 2.45) is 10.7 Å². The zero-order chi connectivity index (χ0) is 21.6. The Balaban J connectivity index is 1.56. The number of nitrogens with zero attached hydrogens (tertiary/aromatic N) is 2. The molecule has 0 fully saturated rings. The third-order valence-electron chi connectivity index (χ3n) is 5.45. The summed E-state index contributed by atoms with van der Waals surface area (Å²) >= 11 is 5.87. The topological polar surface area (TPSA) is 96.0 Å². The first-order valence-electron chi connectivity index (χ1n) is 9.61. The minimum atomic E-state index is -0.876. The van der Waals surface area contributed by atoms with Crippen molar-refractivity contribution in [2.75, 3.05) is 13.7 Å². The normalized spacial score (nSPS) is 18.5. The average Bonchev–Trinajstić information content (AvgIpc) is 3.17. The van der Waals surface area contributed by atoms with Gasteiger partial charge >= 0.3 is 0 Å². The molecule has 1 atom stereocenters. The van der Waals surface area contributed by atoms with E-state index < -0.39 is 5.54 Å². The van der Waals surface area contributed by atoms with Crippen LogP contribution in [0.15, 0.2) is 59.7 Å². The lowest BCUT2D eigenvalue weighted by Gasteiger charge is -2.33. The molecule has 2 aliphatic rings. The van der Waals surface area contributed by atoms with Crippen molar-refractivity contribution < 1.29 is 19.0 Å². The Bertz CT molecular complexity index is 1230. The third kappa shape index (κ3) is 3.27. The summed E-state index contributed by atoms with van der Waals surface area (Å²) < 4.78 is 17.1. The van der Waals surface area contributed by atoms with Gasteiger partial charge in [-0.1, -0.05) is 17.7 Å². The first-order chi connectivity index (χ1) is 15.0. The summed E-state index contributed by atoms with van der Waals surface area (Å²) in [6.07, 6.45) is 1.63. The molecule has 0 saturated heterocycles. The number of ketones is 1. The Morgan fingerprint density at radius 2 is 1.94 bits per heavy atom. The zero-order valence-corrected chi connectivity index (χ0v) is 17.3. The van der Waals surface area contributed by atoms with Crippen LogP contribution in [-0.2, 0) is 16.7 Å². The van der Waals surface area contributed by atoms with Gasteiger partial charge in [-0.3, -0.25) is 9.78 Å². The quantitative estimate of drug-likeness (QED) is 0.625. The van der Waals surface area contributed by atoms with Crippen molar-refractivity contribution in [3.05, 3.63) is 82.1 Å². The molecule has 3 heterocycles. The number of halogens is 1. The molecule has 0 saturated carbocycles. The van der Waals surface area contributed by atoms with Gasteiger partial charge < -0.3 is 19.9 Å². The maximum Gasteiger partial charge on any atom is 0.283 e. The van der Waals surface area contributed by atoms with Crippen LogP contribution in [0.5, 0.6) is 17.2 Å². The number of carbonyl (C=O) groups excluding carboxylic acids is 1. The van der Waals surface area contributed by atoms with Crippen molar-refractivity contribution in [2.45, 2.75) is 12.0 Å². The number of Topliss-reactive ketones (excluding diaryl/α,β-unsaturated/α-hetero) is 1. The summed E-state index contributed by atoms with van der Waals surface area (Å²) in [6.45, 7) is 0.228. The van der Waals surface area contributed by atoms with E-state index in [-0.39, 0.29) is 24.8 Å². The van der Waals surface area contributed by atoms with Crippen molar-refractivity contribution in [1.82, 2.24) is 4.98 Å². The smallest absolute Gasteiger partial charge is 0.283 e. The van der Waals surface area contributed by atoms with Crippen LogP contribution in [0.3, 0.4) is 0 Å². The molecule has 0 aliphatic carbocycles. The molecule has 0 bridgehead atoms. The van der Waals surface area contributed by atoms with Crippen molar-refractivity contribution in [3.8, 4) is 17.2 Å². The summed E-state index contributed by atoms with van der Waals surface area (Å²) in [7, 11) is 1.60. The Morgan fingerprint density at radius 1 is 1.16 bits per heavy atom. The Morgan fingerprint density at radius 3 is 2.61 bits per heavy atom. The molecular weight excluding hydrogens is 418 g/mol. The highest BCUT2D eigenvalue weighted by atomic mass is 35.5. The van der Waals surface area contributed by atoms with Gasteiger partial charge in [-0.25, -0.2) is 4.99 Å². The van der Waals surface area contributed by atoms with Gasteiger partial charge in [0.05, 0.1) is 12.1 Å². The number of amidine groups is 1. The number of nitrogens with two attached hydrogens (primary N) is 1. The number of pyridine rings is 1. The van der Waals surface area contributed by atoms with E-state index in [0.717, 1.165) is 16.7 Å². The number of rotatable bonds is 4. The van der Waals surface area contributed by atoms with Crippen LogP contribution >= 0.6 is 11.6 Å². The molecule has 2 aromatic carbocycles. The van der Waals surface area contributed by atoms with Gasteiger partial charge in [0.25, 0.3) is 6.02 Å². The van der Waals surface area contributed by atoms with Gasteiger partial charge in [0, 0.05) is 23.7 Å². The van der Waals surface area contributed by atoms with Gasteiger partial charge in [0.2, 0.25) is 0 Å². The van der Waals surface area contributed by atoms with Crippen molar-refractivity contribution >= 4 is 23.4 Å². The van der Waals surface area contributed by atoms with Crippen molar-refractivity contribution in [1.29, 1.82) is 0 Å². The van der Waals surface area contributed by atoms with Crippen LogP contribution < -0.4 is 15.2 Å². The number of benzene rings is 2. The molecular formula is C23H18ClN3O4. The lowest BCUT2D eigenvalue weighted by Crippen LogP contribution is -2.31. The van der Waals surface area contributed by atoms with Gasteiger partial charge in [-0.05, 0) is 48.0 Å². The molecule has 0 unspecified atom stereocenters. The summed E-state index contributed by atoms with van der Waals surface area (Å²) in [5.41, 5.74) is 7.77. The van der Waals surface area contributed by atoms with Crippen LogP contribution in [0.4, 0.5) is 0 Å². The SMILES string of the molecule is COc1ccc2c(c1)[C@]1(COC(N)=N1)c1cc(CC(=O)c3ccc(Cl)cn3)ccc1O2. The molecule has 1 spiro atoms. The maximum absolute atomic E-state index is 12.7. The number of aromatic nitrogens is 1. The Hall–Kier alpha value is -3.58. The summed E-state index contributed by atoms with van der Waals surface area (Å²) in [5, 5.41) is 0.482. The van der Waals surface area contributed by atoms with E-state index in [0.29, 0.717) is 28.0 Å². The number of fused-ring (bicyclic) bond motifs is 4. The van der Waals surface area contributed by atoms with E-state index >= 15 is 0 Å². The number of aliphatic imine (C=N–C) groups is 1. The number of ether oxygens (including phenoxy) is 3. The van der Waals surface area contributed by atoms with Crippen LogP contribution in [0.1, 0.15) is 27.2 Å². The molecule has 3 aromatic rings. The number of methoxy groups -OCH3 is 1. The Labute approximate surface area is 183 Å². The first-order valence-corrected chi connectivity index (χ1v) is 9.99. The predicted octanol–water partition coefficient (Wildman–Crippen LogP) is 3.86. The van der Waals surface area contributed by atoms with E-state index in [2.05, 4.69) is 9.98 Å². The average molecular weight is 436 g/mol. The van der Waals surface area contributed by atoms with E-state index in [1.807, 2.05) is 36.4 Å². The van der Waals surface area contributed by atoms with Gasteiger partial charge in [0.1, 0.15) is 29.5 Å². The highest BCUT2D eigenvalue weighted by Gasteiger charge is 2.47. The minimum Gasteiger partial charge on any atom is -0.497 e. The van der Waals surface area contributed by atoms with E-state index in [1.54, 1.807) is 19.2 Å². The number of hydrogen-bond donors (Lipinski definition) is 1. The number of hydrogen-bond acceptors (Lipinski definition) is 7. The van der Waals surface area contributed by atoms with Gasteiger partial charge in [-0.15, -0.1) is 0 Å². The summed E-state index contributed by atoms with van der Waals surface area (Å²) in [6, 6.07) is 14.5. The summed E-state index contributed by atoms with van der Waals surface area (Å²) in [5.74, 6) is 1.85. The van der Waals surface area contributed by atoms with Crippen LogP contribution in [-0.4, -0.2) is 30.5 Å². The fourth-order valence-corrected chi connectivity index (χ4v) is 4.05. The third-order valence-corrected chi connectivity index (χ3v) is 5.67. The maximum atomic E-state index is 12.7. The molecule has 1 aromatic heterocycles. The largest absolute Gasteiger partial charge is 0.497 e. The highest BCUT2D eigenvalue weighted by Crippen LogP contribution is 2.51. The monoisotopic (exact) mass is 435 g/mol. The van der Waals surface area contributed by atoms with Crippen LogP contribution in [0, 0.1) is 0 Å². The van der Waals surface area contributed by atoms with Crippen LogP contribution in [0.2, 0.25) is 5.02 Å². The molecule has 0 amide bonds.